The van der Waals surface area contributed by atoms with Gasteiger partial charge in [-0.2, -0.15) is 0 Å². The van der Waals surface area contributed by atoms with Crippen molar-refractivity contribution in [3.05, 3.63) is 16.3 Å². The number of halogens is 1. The van der Waals surface area contributed by atoms with Gasteiger partial charge in [0.25, 0.3) is 5.91 Å². The molecule has 0 aliphatic carbocycles. The zero-order valence-electron chi connectivity index (χ0n) is 9.70. The lowest BCUT2D eigenvalue weighted by molar-refractivity contribution is 0.0798. The Morgan fingerprint density at radius 1 is 1.69 bits per heavy atom. The van der Waals surface area contributed by atoms with E-state index in [1.165, 1.54) is 11.3 Å². The molecule has 0 fully saturated rings. The number of carbonyl (C=O) groups excluding carboxylic acids is 1. The molecule has 1 rings (SSSR count). The summed E-state index contributed by atoms with van der Waals surface area (Å²) in [5.74, 6) is 0.803. The number of amides is 1. The first-order valence-corrected chi connectivity index (χ1v) is 6.86. The van der Waals surface area contributed by atoms with Crippen molar-refractivity contribution in [1.82, 2.24) is 4.90 Å². The Kier molecular flexibility index (Phi) is 5.28. The van der Waals surface area contributed by atoms with Crippen LogP contribution in [0.25, 0.3) is 0 Å². The van der Waals surface area contributed by atoms with E-state index in [4.69, 9.17) is 4.74 Å². The first-order valence-electron chi connectivity index (χ1n) is 5.06. The zero-order valence-corrected chi connectivity index (χ0v) is 12.1. The van der Waals surface area contributed by atoms with E-state index in [1.807, 2.05) is 12.4 Å². The maximum absolute atomic E-state index is 12.0. The summed E-state index contributed by atoms with van der Waals surface area (Å²) in [6.45, 7) is 2.83. The van der Waals surface area contributed by atoms with Crippen LogP contribution in [0.1, 0.15) is 23.0 Å². The third-order valence-corrected chi connectivity index (χ3v) is 3.59. The average Bonchev–Trinajstić information content (AvgIpc) is 2.73. The normalized spacial score (nSPS) is 12.2. The molecule has 90 valence electrons. The van der Waals surface area contributed by atoms with Crippen LogP contribution >= 0.6 is 27.3 Å². The largest absolute Gasteiger partial charge is 0.496 e. The van der Waals surface area contributed by atoms with Crippen LogP contribution in [0.3, 0.4) is 0 Å². The van der Waals surface area contributed by atoms with Gasteiger partial charge in [-0.05, 0) is 6.42 Å². The fourth-order valence-corrected chi connectivity index (χ4v) is 2.25. The minimum atomic E-state index is 0.0569. The van der Waals surface area contributed by atoms with Crippen LogP contribution in [0, 0.1) is 0 Å². The van der Waals surface area contributed by atoms with Gasteiger partial charge in [-0.3, -0.25) is 4.79 Å². The van der Waals surface area contributed by atoms with E-state index >= 15 is 0 Å². The SMILES string of the molecule is COc1csc(C(=O)N(C)CCC(C)Br)c1. The lowest BCUT2D eigenvalue weighted by Crippen LogP contribution is -2.28. The number of nitrogens with zero attached hydrogens (tertiary/aromatic N) is 1. The highest BCUT2D eigenvalue weighted by atomic mass is 79.9. The van der Waals surface area contributed by atoms with Crippen LogP contribution in [-0.2, 0) is 0 Å². The molecule has 1 amide bonds. The highest BCUT2D eigenvalue weighted by Crippen LogP contribution is 2.22. The van der Waals surface area contributed by atoms with Crippen LogP contribution < -0.4 is 4.74 Å². The van der Waals surface area contributed by atoms with Crippen LogP contribution in [0.2, 0.25) is 0 Å². The average molecular weight is 306 g/mol. The number of carbonyl (C=O) groups is 1. The number of hydrogen-bond donors (Lipinski definition) is 0. The van der Waals surface area contributed by atoms with E-state index in [0.717, 1.165) is 23.6 Å². The summed E-state index contributed by atoms with van der Waals surface area (Å²) in [7, 11) is 3.43. The van der Waals surface area contributed by atoms with Gasteiger partial charge >= 0.3 is 0 Å². The van der Waals surface area contributed by atoms with Gasteiger partial charge in [0.05, 0.1) is 12.0 Å². The number of hydrogen-bond acceptors (Lipinski definition) is 3. The molecule has 0 saturated carbocycles. The maximum Gasteiger partial charge on any atom is 0.263 e. The predicted octanol–water partition coefficient (Wildman–Crippen LogP) is 3.00. The molecule has 0 aliphatic heterocycles. The van der Waals surface area contributed by atoms with E-state index < -0.39 is 0 Å². The molecular formula is C11H16BrNO2S. The Morgan fingerprint density at radius 2 is 2.38 bits per heavy atom. The number of methoxy groups -OCH3 is 1. The Hall–Kier alpha value is -0.550. The summed E-state index contributed by atoms with van der Waals surface area (Å²) in [4.78, 5) is 14.8. The van der Waals surface area contributed by atoms with Crippen LogP contribution in [0.15, 0.2) is 11.4 Å². The molecule has 1 atom stereocenters. The van der Waals surface area contributed by atoms with Gasteiger partial charge in [0, 0.05) is 29.9 Å². The van der Waals surface area contributed by atoms with E-state index in [-0.39, 0.29) is 5.91 Å². The van der Waals surface area contributed by atoms with Crippen molar-refractivity contribution in [1.29, 1.82) is 0 Å². The third-order valence-electron chi connectivity index (χ3n) is 2.23. The van der Waals surface area contributed by atoms with Crippen molar-refractivity contribution >= 4 is 33.2 Å². The van der Waals surface area contributed by atoms with Gasteiger partial charge in [0.15, 0.2) is 0 Å². The molecule has 1 aromatic rings. The van der Waals surface area contributed by atoms with Crippen LogP contribution in [0.4, 0.5) is 0 Å². The molecule has 0 bridgehead atoms. The van der Waals surface area contributed by atoms with Crippen molar-refractivity contribution in [2.45, 2.75) is 18.2 Å². The molecule has 1 unspecified atom stereocenters. The van der Waals surface area contributed by atoms with Crippen molar-refractivity contribution in [2.75, 3.05) is 20.7 Å². The summed E-state index contributed by atoms with van der Waals surface area (Å²) >= 11 is 4.89. The van der Waals surface area contributed by atoms with Gasteiger partial charge in [-0.1, -0.05) is 22.9 Å². The van der Waals surface area contributed by atoms with Crippen molar-refractivity contribution < 1.29 is 9.53 Å². The second kappa shape index (κ2) is 6.25. The molecule has 3 nitrogen and oxygen atoms in total. The number of alkyl halides is 1. The Morgan fingerprint density at radius 3 is 2.88 bits per heavy atom. The molecule has 0 aliphatic rings. The fourth-order valence-electron chi connectivity index (χ4n) is 1.20. The molecule has 0 saturated heterocycles. The van der Waals surface area contributed by atoms with Gasteiger partial charge in [-0.25, -0.2) is 0 Å². The summed E-state index contributed by atoms with van der Waals surface area (Å²) < 4.78 is 5.06. The molecule has 0 spiro atoms. The minimum Gasteiger partial charge on any atom is -0.496 e. The second-order valence-electron chi connectivity index (χ2n) is 3.65. The van der Waals surface area contributed by atoms with Crippen molar-refractivity contribution in [3.8, 4) is 5.75 Å². The fraction of sp³-hybridized carbons (Fsp3) is 0.545. The minimum absolute atomic E-state index is 0.0569. The van der Waals surface area contributed by atoms with Crippen molar-refractivity contribution in [2.24, 2.45) is 0 Å². The van der Waals surface area contributed by atoms with Gasteiger partial charge in [-0.15, -0.1) is 11.3 Å². The van der Waals surface area contributed by atoms with E-state index in [2.05, 4.69) is 22.9 Å². The first kappa shape index (κ1) is 13.5. The van der Waals surface area contributed by atoms with E-state index in [1.54, 1.807) is 18.1 Å². The summed E-state index contributed by atoms with van der Waals surface area (Å²) in [5, 5.41) is 1.84. The van der Waals surface area contributed by atoms with Gasteiger partial charge < -0.3 is 9.64 Å². The molecule has 16 heavy (non-hydrogen) atoms. The van der Waals surface area contributed by atoms with E-state index in [9.17, 15) is 4.79 Å². The number of ether oxygens (including phenoxy) is 1. The lowest BCUT2D eigenvalue weighted by Gasteiger charge is -2.16. The monoisotopic (exact) mass is 305 g/mol. The highest BCUT2D eigenvalue weighted by Gasteiger charge is 2.14. The zero-order chi connectivity index (χ0) is 12.1. The van der Waals surface area contributed by atoms with Gasteiger partial charge in [0.1, 0.15) is 5.75 Å². The molecule has 1 aromatic heterocycles. The molecule has 1 heterocycles. The number of thiophene rings is 1. The smallest absolute Gasteiger partial charge is 0.263 e. The van der Waals surface area contributed by atoms with E-state index in [0.29, 0.717) is 4.83 Å². The molecule has 0 N–H and O–H groups in total. The maximum atomic E-state index is 12.0. The number of rotatable bonds is 5. The van der Waals surface area contributed by atoms with Crippen molar-refractivity contribution in [3.63, 3.8) is 0 Å². The van der Waals surface area contributed by atoms with Crippen LogP contribution in [0.5, 0.6) is 5.75 Å². The predicted molar refractivity (Wildman–Crippen MR) is 70.8 cm³/mol. The standard InChI is InChI=1S/C11H16BrNO2S/c1-8(12)4-5-13(2)11(14)10-6-9(15-3)7-16-10/h6-8H,4-5H2,1-3H3. The Balaban J connectivity index is 2.56. The first-order chi connectivity index (χ1) is 7.54. The second-order valence-corrected chi connectivity index (χ2v) is 6.12. The third kappa shape index (κ3) is 3.79. The molecule has 0 aromatic carbocycles. The summed E-state index contributed by atoms with van der Waals surface area (Å²) in [5.41, 5.74) is 0. The molecule has 5 heteroatoms. The summed E-state index contributed by atoms with van der Waals surface area (Å²) in [6.07, 6.45) is 0.949. The van der Waals surface area contributed by atoms with Crippen LogP contribution in [-0.4, -0.2) is 36.3 Å². The molecule has 0 radical (unpaired) electrons. The molecular weight excluding hydrogens is 290 g/mol. The highest BCUT2D eigenvalue weighted by molar-refractivity contribution is 9.09. The Labute approximate surface area is 109 Å². The van der Waals surface area contributed by atoms with Gasteiger partial charge in [0.2, 0.25) is 0 Å². The summed E-state index contributed by atoms with van der Waals surface area (Å²) in [6, 6.07) is 1.78. The Bertz CT molecular complexity index is 352. The lowest BCUT2D eigenvalue weighted by atomic mass is 10.3. The topological polar surface area (TPSA) is 29.5 Å². The quantitative estimate of drug-likeness (QED) is 0.783.